The van der Waals surface area contributed by atoms with Crippen molar-refractivity contribution in [2.45, 2.75) is 13.8 Å². The average molecular weight is 231 g/mol. The second-order valence-electron chi connectivity index (χ2n) is 3.96. The van der Waals surface area contributed by atoms with Crippen molar-refractivity contribution >= 4 is 17.2 Å². The van der Waals surface area contributed by atoms with Crippen LogP contribution in [0.15, 0.2) is 30.3 Å². The first-order chi connectivity index (χ1) is 8.06. The van der Waals surface area contributed by atoms with Gasteiger partial charge in [0.1, 0.15) is 11.6 Å². The lowest BCUT2D eigenvalue weighted by atomic mass is 10.2. The Hall–Kier alpha value is -2.10. The summed E-state index contributed by atoms with van der Waals surface area (Å²) in [5.74, 6) is 0.486. The van der Waals surface area contributed by atoms with Gasteiger partial charge in [0.15, 0.2) is 0 Å². The molecule has 0 unspecified atom stereocenters. The molecule has 0 saturated heterocycles. The third kappa shape index (κ3) is 2.53. The van der Waals surface area contributed by atoms with Crippen LogP contribution in [0.4, 0.5) is 21.6 Å². The van der Waals surface area contributed by atoms with E-state index in [9.17, 15) is 4.39 Å². The molecular formula is C13H14FN3. The number of nitrogens with two attached hydrogens (primary N) is 1. The highest BCUT2D eigenvalue weighted by Gasteiger charge is 2.01. The fraction of sp³-hybridized carbons (Fsp3) is 0.154. The lowest BCUT2D eigenvalue weighted by molar-refractivity contribution is 0.619. The topological polar surface area (TPSA) is 50.9 Å². The number of nitrogens with zero attached hydrogens (tertiary/aromatic N) is 1. The minimum absolute atomic E-state index is 0.211. The van der Waals surface area contributed by atoms with E-state index in [1.165, 1.54) is 6.07 Å². The largest absolute Gasteiger partial charge is 0.397 e. The highest BCUT2D eigenvalue weighted by atomic mass is 19.1. The number of aryl methyl sites for hydroxylation is 2. The lowest BCUT2D eigenvalue weighted by Gasteiger charge is -2.08. The van der Waals surface area contributed by atoms with E-state index in [1.807, 2.05) is 6.92 Å². The maximum atomic E-state index is 13.1. The summed E-state index contributed by atoms with van der Waals surface area (Å²) in [5.41, 5.74) is 8.52. The first kappa shape index (κ1) is 11.4. The normalized spacial score (nSPS) is 10.3. The molecule has 0 spiro atoms. The van der Waals surface area contributed by atoms with Crippen LogP contribution in [0, 0.1) is 19.7 Å². The van der Waals surface area contributed by atoms with E-state index in [1.54, 1.807) is 31.2 Å². The van der Waals surface area contributed by atoms with Crippen molar-refractivity contribution in [2.75, 3.05) is 11.1 Å². The zero-order chi connectivity index (χ0) is 12.4. The Bertz CT molecular complexity index is 503. The fourth-order valence-corrected chi connectivity index (χ4v) is 1.51. The van der Waals surface area contributed by atoms with E-state index >= 15 is 0 Å². The number of hydrogen-bond acceptors (Lipinski definition) is 3. The van der Waals surface area contributed by atoms with Crippen molar-refractivity contribution < 1.29 is 4.39 Å². The molecule has 2 rings (SSSR count). The smallest absolute Gasteiger partial charge is 0.130 e. The zero-order valence-corrected chi connectivity index (χ0v) is 9.79. The Kier molecular flexibility index (Phi) is 2.95. The summed E-state index contributed by atoms with van der Waals surface area (Å²) in [7, 11) is 0. The molecule has 0 bridgehead atoms. The molecule has 1 aromatic heterocycles. The second-order valence-corrected chi connectivity index (χ2v) is 3.96. The van der Waals surface area contributed by atoms with Crippen LogP contribution in [-0.4, -0.2) is 4.98 Å². The molecule has 1 aromatic carbocycles. The first-order valence-electron chi connectivity index (χ1n) is 5.32. The maximum Gasteiger partial charge on any atom is 0.130 e. The Balaban J connectivity index is 2.25. The van der Waals surface area contributed by atoms with Crippen LogP contribution in [0.1, 0.15) is 11.3 Å². The number of nitrogens with one attached hydrogen (secondary N) is 1. The van der Waals surface area contributed by atoms with E-state index in [0.717, 1.165) is 11.4 Å². The van der Waals surface area contributed by atoms with Gasteiger partial charge in [-0.3, -0.25) is 0 Å². The van der Waals surface area contributed by atoms with Crippen molar-refractivity contribution in [1.29, 1.82) is 0 Å². The summed E-state index contributed by atoms with van der Waals surface area (Å²) in [6.07, 6.45) is 0. The van der Waals surface area contributed by atoms with E-state index in [0.29, 0.717) is 17.1 Å². The van der Waals surface area contributed by atoms with Crippen LogP contribution in [-0.2, 0) is 0 Å². The summed E-state index contributed by atoms with van der Waals surface area (Å²) < 4.78 is 13.1. The van der Waals surface area contributed by atoms with E-state index in [2.05, 4.69) is 10.3 Å². The quantitative estimate of drug-likeness (QED) is 0.834. The molecule has 4 heteroatoms. The van der Waals surface area contributed by atoms with Crippen LogP contribution in [0.5, 0.6) is 0 Å². The molecule has 17 heavy (non-hydrogen) atoms. The number of hydrogen-bond donors (Lipinski definition) is 2. The molecule has 3 nitrogen and oxygen atoms in total. The number of anilines is 3. The first-order valence-corrected chi connectivity index (χ1v) is 5.32. The van der Waals surface area contributed by atoms with Gasteiger partial charge in [0.2, 0.25) is 0 Å². The molecule has 3 N–H and O–H groups in total. The molecule has 0 fully saturated rings. The molecule has 0 aliphatic rings. The fourth-order valence-electron chi connectivity index (χ4n) is 1.51. The third-order valence-electron chi connectivity index (χ3n) is 2.56. The summed E-state index contributed by atoms with van der Waals surface area (Å²) >= 11 is 0. The van der Waals surface area contributed by atoms with Gasteiger partial charge in [0.05, 0.1) is 11.4 Å². The molecule has 2 aromatic rings. The number of pyridine rings is 1. The van der Waals surface area contributed by atoms with Crippen molar-refractivity contribution in [1.82, 2.24) is 4.98 Å². The molecule has 0 amide bonds. The Morgan fingerprint density at radius 2 is 1.94 bits per heavy atom. The highest BCUT2D eigenvalue weighted by Crippen LogP contribution is 2.19. The molecule has 0 atom stereocenters. The number of rotatable bonds is 2. The Morgan fingerprint density at radius 3 is 2.59 bits per heavy atom. The Labute approximate surface area is 99.5 Å². The van der Waals surface area contributed by atoms with Gasteiger partial charge in [-0.1, -0.05) is 0 Å². The van der Waals surface area contributed by atoms with Crippen LogP contribution in [0.25, 0.3) is 0 Å². The van der Waals surface area contributed by atoms with Gasteiger partial charge < -0.3 is 11.1 Å². The number of nitrogen functional groups attached to an aromatic ring is 1. The number of halogens is 1. The van der Waals surface area contributed by atoms with E-state index in [-0.39, 0.29) is 5.82 Å². The molecule has 1 heterocycles. The molecule has 0 aliphatic heterocycles. The minimum Gasteiger partial charge on any atom is -0.397 e. The van der Waals surface area contributed by atoms with Gasteiger partial charge >= 0.3 is 0 Å². The monoisotopic (exact) mass is 231 g/mol. The molecule has 0 aliphatic carbocycles. The van der Waals surface area contributed by atoms with Crippen LogP contribution >= 0.6 is 0 Å². The Morgan fingerprint density at radius 1 is 1.18 bits per heavy atom. The third-order valence-corrected chi connectivity index (χ3v) is 2.56. The minimum atomic E-state index is -0.211. The van der Waals surface area contributed by atoms with Crippen molar-refractivity contribution in [2.24, 2.45) is 0 Å². The lowest BCUT2D eigenvalue weighted by Crippen LogP contribution is -1.98. The molecule has 88 valence electrons. The second kappa shape index (κ2) is 4.41. The van der Waals surface area contributed by atoms with Gasteiger partial charge in [-0.25, -0.2) is 9.37 Å². The van der Waals surface area contributed by atoms with Gasteiger partial charge in [-0.15, -0.1) is 0 Å². The predicted molar refractivity (Wildman–Crippen MR) is 67.8 cm³/mol. The van der Waals surface area contributed by atoms with Gasteiger partial charge in [0, 0.05) is 5.69 Å². The highest BCUT2D eigenvalue weighted by molar-refractivity contribution is 5.59. The number of benzene rings is 1. The number of aromatic nitrogens is 1. The van der Waals surface area contributed by atoms with Gasteiger partial charge in [-0.05, 0) is 49.7 Å². The van der Waals surface area contributed by atoms with Gasteiger partial charge in [0.25, 0.3) is 0 Å². The SMILES string of the molecule is Cc1cc(Nc2ccc(N)c(C)n2)ccc1F. The summed E-state index contributed by atoms with van der Waals surface area (Å²) in [4.78, 5) is 4.29. The van der Waals surface area contributed by atoms with Crippen molar-refractivity contribution in [3.8, 4) is 0 Å². The zero-order valence-electron chi connectivity index (χ0n) is 9.79. The molecule has 0 radical (unpaired) electrons. The van der Waals surface area contributed by atoms with Crippen LogP contribution in [0.3, 0.4) is 0 Å². The summed E-state index contributed by atoms with van der Waals surface area (Å²) in [6.45, 7) is 3.57. The standard InChI is InChI=1S/C13H14FN3/c1-8-7-10(3-4-11(8)14)17-13-6-5-12(15)9(2)16-13/h3-7H,15H2,1-2H3,(H,16,17). The van der Waals surface area contributed by atoms with E-state index < -0.39 is 0 Å². The van der Waals surface area contributed by atoms with Crippen molar-refractivity contribution in [3.63, 3.8) is 0 Å². The van der Waals surface area contributed by atoms with Crippen molar-refractivity contribution in [3.05, 3.63) is 47.4 Å². The summed E-state index contributed by atoms with van der Waals surface area (Å²) in [5, 5.41) is 3.11. The maximum absolute atomic E-state index is 13.1. The predicted octanol–water partition coefficient (Wildman–Crippen LogP) is 3.16. The van der Waals surface area contributed by atoms with Crippen LogP contribution < -0.4 is 11.1 Å². The molecular weight excluding hydrogens is 217 g/mol. The average Bonchev–Trinajstić information content (AvgIpc) is 2.29. The van der Waals surface area contributed by atoms with E-state index in [4.69, 9.17) is 5.73 Å². The molecule has 0 saturated carbocycles. The van der Waals surface area contributed by atoms with Crippen LogP contribution in [0.2, 0.25) is 0 Å². The summed E-state index contributed by atoms with van der Waals surface area (Å²) in [6, 6.07) is 8.43. The van der Waals surface area contributed by atoms with Gasteiger partial charge in [-0.2, -0.15) is 0 Å².